The van der Waals surface area contributed by atoms with Crippen molar-refractivity contribution in [1.82, 2.24) is 25.1 Å². The van der Waals surface area contributed by atoms with Crippen LogP contribution in [0.25, 0.3) is 17.1 Å². The number of ether oxygens (including phenoxy) is 1. The van der Waals surface area contributed by atoms with Crippen LogP contribution >= 0.6 is 23.4 Å². The predicted molar refractivity (Wildman–Crippen MR) is 130 cm³/mol. The van der Waals surface area contributed by atoms with Crippen molar-refractivity contribution in [3.63, 3.8) is 0 Å². The summed E-state index contributed by atoms with van der Waals surface area (Å²) in [6.45, 7) is 2.79. The van der Waals surface area contributed by atoms with Gasteiger partial charge in [-0.15, -0.1) is 10.2 Å². The van der Waals surface area contributed by atoms with Gasteiger partial charge in [-0.3, -0.25) is 14.3 Å². The number of aromatic nitrogens is 4. The minimum absolute atomic E-state index is 0.109. The number of nitrogens with zero attached hydrogens (tertiary/aromatic N) is 4. The van der Waals surface area contributed by atoms with Crippen molar-refractivity contribution in [2.24, 2.45) is 0 Å². The number of hydrogen-bond acceptors (Lipinski definition) is 6. The number of rotatable bonds is 9. The Bertz CT molecular complexity index is 1220. The van der Waals surface area contributed by atoms with Gasteiger partial charge in [-0.2, -0.15) is 0 Å². The summed E-state index contributed by atoms with van der Waals surface area (Å²) in [5, 5.41) is 12.9. The molecule has 0 atom stereocenters. The Hall–Kier alpha value is -3.36. The van der Waals surface area contributed by atoms with Crippen molar-refractivity contribution in [2.45, 2.75) is 12.1 Å². The minimum Gasteiger partial charge on any atom is -0.492 e. The smallest absolute Gasteiger partial charge is 0.230 e. The Morgan fingerprint density at radius 3 is 2.67 bits per heavy atom. The maximum atomic E-state index is 12.4. The number of carbonyl (C=O) groups is 1. The fourth-order valence-corrected chi connectivity index (χ4v) is 4.05. The molecule has 0 aliphatic rings. The fourth-order valence-electron chi connectivity index (χ4n) is 3.15. The molecule has 0 spiro atoms. The molecule has 9 heteroatoms. The summed E-state index contributed by atoms with van der Waals surface area (Å²) in [5.41, 5.74) is 2.89. The zero-order valence-electron chi connectivity index (χ0n) is 17.9. The second-order valence-electron chi connectivity index (χ2n) is 7.11. The van der Waals surface area contributed by atoms with Gasteiger partial charge < -0.3 is 10.1 Å². The molecule has 33 heavy (non-hydrogen) atoms. The van der Waals surface area contributed by atoms with E-state index in [-0.39, 0.29) is 11.7 Å². The Labute approximate surface area is 201 Å². The number of nitrogens with one attached hydrogen (secondary N) is 1. The lowest BCUT2D eigenvalue weighted by atomic mass is 10.2. The van der Waals surface area contributed by atoms with Crippen LogP contribution in [0.4, 0.5) is 0 Å². The van der Waals surface area contributed by atoms with Crippen LogP contribution in [0.3, 0.4) is 0 Å². The number of amides is 1. The van der Waals surface area contributed by atoms with Crippen LogP contribution in [-0.2, 0) is 4.79 Å². The van der Waals surface area contributed by atoms with Crippen LogP contribution < -0.4 is 10.1 Å². The Morgan fingerprint density at radius 1 is 1.09 bits per heavy atom. The van der Waals surface area contributed by atoms with E-state index in [1.807, 2.05) is 47.9 Å². The average Bonchev–Trinajstić information content (AvgIpc) is 3.26. The topological polar surface area (TPSA) is 81.9 Å². The summed E-state index contributed by atoms with van der Waals surface area (Å²) in [5.74, 6) is 1.48. The molecule has 2 aromatic heterocycles. The van der Waals surface area contributed by atoms with Crippen molar-refractivity contribution >= 4 is 29.3 Å². The van der Waals surface area contributed by atoms with Gasteiger partial charge in [-0.05, 0) is 55.0 Å². The van der Waals surface area contributed by atoms with E-state index in [0.29, 0.717) is 34.9 Å². The third kappa shape index (κ3) is 5.91. The van der Waals surface area contributed by atoms with Gasteiger partial charge in [0.2, 0.25) is 5.91 Å². The molecule has 1 N–H and O–H groups in total. The third-order valence-electron chi connectivity index (χ3n) is 4.75. The van der Waals surface area contributed by atoms with Crippen LogP contribution in [0.2, 0.25) is 5.02 Å². The van der Waals surface area contributed by atoms with E-state index in [2.05, 4.69) is 20.5 Å². The molecule has 0 saturated heterocycles. The Balaban J connectivity index is 1.40. The van der Waals surface area contributed by atoms with Gasteiger partial charge in [0.1, 0.15) is 12.4 Å². The summed E-state index contributed by atoms with van der Waals surface area (Å²) in [4.78, 5) is 16.6. The first-order valence-corrected chi connectivity index (χ1v) is 11.7. The molecule has 2 heterocycles. The van der Waals surface area contributed by atoms with E-state index in [9.17, 15) is 4.79 Å². The van der Waals surface area contributed by atoms with Crippen LogP contribution in [-0.4, -0.2) is 44.6 Å². The highest BCUT2D eigenvalue weighted by molar-refractivity contribution is 7.99. The van der Waals surface area contributed by atoms with E-state index >= 15 is 0 Å². The second-order valence-corrected chi connectivity index (χ2v) is 8.49. The van der Waals surface area contributed by atoms with E-state index < -0.39 is 0 Å². The van der Waals surface area contributed by atoms with Gasteiger partial charge in [0.25, 0.3) is 0 Å². The molecule has 4 rings (SSSR count). The second kappa shape index (κ2) is 11.0. The van der Waals surface area contributed by atoms with Gasteiger partial charge in [0.05, 0.1) is 18.0 Å². The highest BCUT2D eigenvalue weighted by atomic mass is 35.5. The molecule has 168 valence electrons. The molecule has 0 aliphatic carbocycles. The van der Waals surface area contributed by atoms with Gasteiger partial charge in [0.15, 0.2) is 11.0 Å². The largest absolute Gasteiger partial charge is 0.492 e. The van der Waals surface area contributed by atoms with Crippen LogP contribution in [0.15, 0.2) is 78.2 Å². The lowest BCUT2D eigenvalue weighted by Crippen LogP contribution is -2.29. The lowest BCUT2D eigenvalue weighted by Gasteiger charge is -2.13. The predicted octanol–water partition coefficient (Wildman–Crippen LogP) is 4.58. The van der Waals surface area contributed by atoms with E-state index in [1.54, 1.807) is 36.7 Å². The summed E-state index contributed by atoms with van der Waals surface area (Å²) in [6, 6.07) is 18.9. The number of carbonyl (C=O) groups excluding carboxylic acids is 1. The number of aryl methyl sites for hydroxylation is 1. The number of halogens is 1. The van der Waals surface area contributed by atoms with Crippen molar-refractivity contribution in [3.05, 3.63) is 83.6 Å². The van der Waals surface area contributed by atoms with E-state index in [1.165, 1.54) is 11.8 Å². The summed E-state index contributed by atoms with van der Waals surface area (Å²) in [6.07, 6.45) is 3.47. The fraction of sp³-hybridized carbons (Fsp3) is 0.167. The number of thioether (sulfide) groups is 1. The molecule has 0 bridgehead atoms. The first kappa shape index (κ1) is 22.8. The molecule has 1 amide bonds. The summed E-state index contributed by atoms with van der Waals surface area (Å²) in [7, 11) is 0. The molecule has 0 fully saturated rings. The molecular formula is C24H22ClN5O2S. The number of hydrogen-bond donors (Lipinski definition) is 1. The molecule has 0 unspecified atom stereocenters. The third-order valence-corrected chi connectivity index (χ3v) is 5.93. The van der Waals surface area contributed by atoms with Crippen molar-refractivity contribution in [2.75, 3.05) is 18.9 Å². The molecule has 7 nitrogen and oxygen atoms in total. The molecule has 0 saturated carbocycles. The van der Waals surface area contributed by atoms with Crippen molar-refractivity contribution < 1.29 is 9.53 Å². The average molecular weight is 480 g/mol. The van der Waals surface area contributed by atoms with Crippen LogP contribution in [0, 0.1) is 6.92 Å². The highest BCUT2D eigenvalue weighted by Gasteiger charge is 2.18. The highest BCUT2D eigenvalue weighted by Crippen LogP contribution is 2.29. The molecular weight excluding hydrogens is 458 g/mol. The monoisotopic (exact) mass is 479 g/mol. The van der Waals surface area contributed by atoms with Gasteiger partial charge in [-0.25, -0.2) is 0 Å². The van der Waals surface area contributed by atoms with Crippen LogP contribution in [0.1, 0.15) is 5.56 Å². The van der Waals surface area contributed by atoms with Gasteiger partial charge in [0, 0.05) is 23.0 Å². The first-order chi connectivity index (χ1) is 16.1. The maximum absolute atomic E-state index is 12.4. The van der Waals surface area contributed by atoms with Crippen molar-refractivity contribution in [1.29, 1.82) is 0 Å². The molecule has 0 radical (unpaired) electrons. The summed E-state index contributed by atoms with van der Waals surface area (Å²) < 4.78 is 7.57. The van der Waals surface area contributed by atoms with Gasteiger partial charge in [-0.1, -0.05) is 41.6 Å². The molecule has 0 aliphatic heterocycles. The SMILES string of the molecule is Cc1ccccc1-n1c(SCC(=O)NCCOc2ccc(Cl)cc2)nnc1-c1cccnc1. The Kier molecular flexibility index (Phi) is 7.59. The van der Waals surface area contributed by atoms with Crippen molar-refractivity contribution in [3.8, 4) is 22.8 Å². The zero-order chi connectivity index (χ0) is 23.0. The Morgan fingerprint density at radius 2 is 1.91 bits per heavy atom. The van der Waals surface area contributed by atoms with Crippen LogP contribution in [0.5, 0.6) is 5.75 Å². The van der Waals surface area contributed by atoms with E-state index in [0.717, 1.165) is 16.8 Å². The number of para-hydroxylation sites is 1. The van der Waals surface area contributed by atoms with Gasteiger partial charge >= 0.3 is 0 Å². The molecule has 2 aromatic carbocycles. The number of pyridine rings is 1. The minimum atomic E-state index is -0.109. The molecule has 4 aromatic rings. The quantitative estimate of drug-likeness (QED) is 0.279. The standard InChI is InChI=1S/C24H22ClN5O2S/c1-17-5-2-3-7-21(17)30-23(18-6-4-12-26-15-18)28-29-24(30)33-16-22(31)27-13-14-32-20-10-8-19(25)9-11-20/h2-12,15H,13-14,16H2,1H3,(H,27,31). The maximum Gasteiger partial charge on any atom is 0.230 e. The summed E-state index contributed by atoms with van der Waals surface area (Å²) >= 11 is 7.20. The number of benzene rings is 2. The first-order valence-electron chi connectivity index (χ1n) is 10.3. The zero-order valence-corrected chi connectivity index (χ0v) is 19.5. The lowest BCUT2D eigenvalue weighted by molar-refractivity contribution is -0.118. The normalized spacial score (nSPS) is 10.7. The van der Waals surface area contributed by atoms with E-state index in [4.69, 9.17) is 16.3 Å².